The van der Waals surface area contributed by atoms with Crippen molar-refractivity contribution in [3.8, 4) is 0 Å². The van der Waals surface area contributed by atoms with E-state index in [1.807, 2.05) is 24.3 Å². The molecule has 2 rings (SSSR count). The van der Waals surface area contributed by atoms with Crippen molar-refractivity contribution >= 4 is 29.3 Å². The van der Waals surface area contributed by atoms with Gasteiger partial charge in [-0.3, -0.25) is 0 Å². The van der Waals surface area contributed by atoms with Crippen molar-refractivity contribution in [2.75, 3.05) is 12.4 Å². The Morgan fingerprint density at radius 3 is 2.72 bits per heavy atom. The number of carbonyl (C=O) groups is 1. The van der Waals surface area contributed by atoms with Crippen LogP contribution in [0.4, 0.5) is 0 Å². The second kappa shape index (κ2) is 6.52. The molecule has 1 heterocycles. The Balaban J connectivity index is 1.70. The van der Waals surface area contributed by atoms with Crippen LogP contribution in [0.2, 0.25) is 5.02 Å². The van der Waals surface area contributed by atoms with E-state index in [-0.39, 0.29) is 5.97 Å². The van der Waals surface area contributed by atoms with E-state index in [2.05, 4.69) is 4.98 Å². The van der Waals surface area contributed by atoms with E-state index in [4.69, 9.17) is 16.3 Å². The Kier molecular flexibility index (Phi) is 4.73. The molecule has 5 heteroatoms. The van der Waals surface area contributed by atoms with Crippen molar-refractivity contribution in [3.63, 3.8) is 0 Å². The molecule has 2 aromatic rings. The van der Waals surface area contributed by atoms with Crippen LogP contribution < -0.4 is 0 Å². The monoisotopic (exact) mass is 281 g/mol. The van der Waals surface area contributed by atoms with Crippen LogP contribution in [-0.4, -0.2) is 23.3 Å². The molecule has 0 bridgehead atoms. The number of benzene rings is 1. The molecule has 0 fully saturated rings. The quantitative estimate of drug-likeness (QED) is 0.517. The van der Waals surface area contributed by atoms with Gasteiger partial charge in [0.15, 0.2) is 0 Å². The molecule has 94 valence electrons. The van der Waals surface area contributed by atoms with E-state index >= 15 is 0 Å². The molecular weight excluding hydrogens is 270 g/mol. The summed E-state index contributed by atoms with van der Waals surface area (Å²) in [6.45, 7) is 0.380. The van der Waals surface area contributed by atoms with Crippen molar-refractivity contribution in [1.29, 1.82) is 0 Å². The van der Waals surface area contributed by atoms with Gasteiger partial charge >= 0.3 is 5.97 Å². The first-order valence-electron chi connectivity index (χ1n) is 5.44. The van der Waals surface area contributed by atoms with Gasteiger partial charge in [-0.2, -0.15) is 0 Å². The van der Waals surface area contributed by atoms with Gasteiger partial charge in [0, 0.05) is 21.9 Å². The molecule has 3 nitrogen and oxygen atoms in total. The smallest absolute Gasteiger partial charge is 0.354 e. The van der Waals surface area contributed by atoms with Gasteiger partial charge in [0.1, 0.15) is 12.3 Å². The molecule has 0 aliphatic heterocycles. The van der Waals surface area contributed by atoms with Crippen molar-refractivity contribution in [2.24, 2.45) is 0 Å². The molecule has 0 aliphatic rings. The predicted octanol–water partition coefficient (Wildman–Crippen LogP) is 3.62. The van der Waals surface area contributed by atoms with Gasteiger partial charge in [-0.05, 0) is 36.4 Å². The average molecular weight is 282 g/mol. The van der Waals surface area contributed by atoms with Gasteiger partial charge in [0.2, 0.25) is 0 Å². The van der Waals surface area contributed by atoms with E-state index in [1.165, 1.54) is 0 Å². The van der Waals surface area contributed by atoms with Gasteiger partial charge < -0.3 is 9.72 Å². The number of carbonyl (C=O) groups excluding carboxylic acids is 1. The number of thioether (sulfide) groups is 1. The Morgan fingerprint density at radius 1 is 1.28 bits per heavy atom. The molecule has 18 heavy (non-hydrogen) atoms. The van der Waals surface area contributed by atoms with Crippen LogP contribution in [0.25, 0.3) is 0 Å². The summed E-state index contributed by atoms with van der Waals surface area (Å²) in [5.41, 5.74) is 0.478. The Morgan fingerprint density at radius 2 is 2.06 bits per heavy atom. The lowest BCUT2D eigenvalue weighted by Gasteiger charge is -2.03. The molecule has 1 aromatic heterocycles. The number of hydrogen-bond acceptors (Lipinski definition) is 3. The number of aromatic nitrogens is 1. The average Bonchev–Trinajstić information content (AvgIpc) is 2.90. The van der Waals surface area contributed by atoms with E-state index in [9.17, 15) is 4.79 Å². The molecule has 0 spiro atoms. The number of nitrogens with one attached hydrogen (secondary N) is 1. The molecule has 1 aromatic carbocycles. The molecule has 0 saturated carbocycles. The zero-order valence-electron chi connectivity index (χ0n) is 9.56. The first-order valence-corrected chi connectivity index (χ1v) is 6.81. The zero-order valence-corrected chi connectivity index (χ0v) is 11.1. The van der Waals surface area contributed by atoms with Crippen molar-refractivity contribution < 1.29 is 9.53 Å². The lowest BCUT2D eigenvalue weighted by Crippen LogP contribution is -2.08. The third-order valence-corrected chi connectivity index (χ3v) is 3.44. The highest BCUT2D eigenvalue weighted by Gasteiger charge is 2.06. The fourth-order valence-corrected chi connectivity index (χ4v) is 2.22. The summed E-state index contributed by atoms with van der Waals surface area (Å²) in [4.78, 5) is 15.4. The van der Waals surface area contributed by atoms with Gasteiger partial charge in [0.05, 0.1) is 0 Å². The maximum absolute atomic E-state index is 11.5. The van der Waals surface area contributed by atoms with Crippen LogP contribution in [-0.2, 0) is 4.74 Å². The van der Waals surface area contributed by atoms with Gasteiger partial charge in [-0.25, -0.2) is 4.79 Å². The Hall–Kier alpha value is -1.39. The van der Waals surface area contributed by atoms with Crippen LogP contribution >= 0.6 is 23.4 Å². The molecule has 0 amide bonds. The van der Waals surface area contributed by atoms with Crippen molar-refractivity contribution in [2.45, 2.75) is 4.90 Å². The standard InChI is InChI=1S/C13H12ClNO2S/c14-10-3-5-11(6-4-10)18-9-8-17-13(16)12-2-1-7-15-12/h1-7,15H,8-9H2. The van der Waals surface area contributed by atoms with E-state index < -0.39 is 0 Å². The van der Waals surface area contributed by atoms with E-state index in [0.29, 0.717) is 18.1 Å². The van der Waals surface area contributed by atoms with E-state index in [0.717, 1.165) is 9.92 Å². The van der Waals surface area contributed by atoms with Gasteiger partial charge in [0.25, 0.3) is 0 Å². The number of rotatable bonds is 5. The minimum absolute atomic E-state index is 0.322. The topological polar surface area (TPSA) is 42.1 Å². The lowest BCUT2D eigenvalue weighted by atomic mass is 10.4. The normalized spacial score (nSPS) is 10.3. The third-order valence-electron chi connectivity index (χ3n) is 2.22. The predicted molar refractivity (Wildman–Crippen MR) is 73.3 cm³/mol. The summed E-state index contributed by atoms with van der Waals surface area (Å²) in [6.07, 6.45) is 1.69. The summed E-state index contributed by atoms with van der Waals surface area (Å²) in [6, 6.07) is 11.0. The third kappa shape index (κ3) is 3.82. The fourth-order valence-electron chi connectivity index (χ4n) is 1.36. The molecular formula is C13H12ClNO2S. The van der Waals surface area contributed by atoms with Gasteiger partial charge in [-0.15, -0.1) is 11.8 Å². The van der Waals surface area contributed by atoms with Crippen LogP contribution in [0.3, 0.4) is 0 Å². The van der Waals surface area contributed by atoms with Crippen molar-refractivity contribution in [3.05, 3.63) is 53.3 Å². The fraction of sp³-hybridized carbons (Fsp3) is 0.154. The SMILES string of the molecule is O=C(OCCSc1ccc(Cl)cc1)c1ccc[nH]1. The highest BCUT2D eigenvalue weighted by atomic mass is 35.5. The highest BCUT2D eigenvalue weighted by Crippen LogP contribution is 2.20. The van der Waals surface area contributed by atoms with Crippen LogP contribution in [0.5, 0.6) is 0 Å². The first-order chi connectivity index (χ1) is 8.75. The highest BCUT2D eigenvalue weighted by molar-refractivity contribution is 7.99. The first kappa shape index (κ1) is 13.1. The Bertz CT molecular complexity index is 496. The molecule has 0 aliphatic carbocycles. The second-order valence-corrected chi connectivity index (χ2v) is 5.13. The molecule has 0 unspecified atom stereocenters. The van der Waals surface area contributed by atoms with Crippen molar-refractivity contribution in [1.82, 2.24) is 4.98 Å². The number of ether oxygens (including phenoxy) is 1. The number of H-pyrrole nitrogens is 1. The lowest BCUT2D eigenvalue weighted by molar-refractivity contribution is 0.0524. The molecule has 0 saturated heterocycles. The summed E-state index contributed by atoms with van der Waals surface area (Å²) in [5.74, 6) is 0.394. The summed E-state index contributed by atoms with van der Waals surface area (Å²) in [5, 5.41) is 0.720. The summed E-state index contributed by atoms with van der Waals surface area (Å²) >= 11 is 7.41. The zero-order chi connectivity index (χ0) is 12.8. The molecule has 1 N–H and O–H groups in total. The molecule has 0 atom stereocenters. The number of aromatic amines is 1. The maximum Gasteiger partial charge on any atom is 0.354 e. The number of esters is 1. The number of halogens is 1. The largest absolute Gasteiger partial charge is 0.460 e. The van der Waals surface area contributed by atoms with Crippen LogP contribution in [0, 0.1) is 0 Å². The van der Waals surface area contributed by atoms with Crippen LogP contribution in [0.1, 0.15) is 10.5 Å². The summed E-state index contributed by atoms with van der Waals surface area (Å²) < 4.78 is 5.11. The second-order valence-electron chi connectivity index (χ2n) is 3.52. The maximum atomic E-state index is 11.5. The van der Waals surface area contributed by atoms with Crippen LogP contribution in [0.15, 0.2) is 47.5 Å². The minimum Gasteiger partial charge on any atom is -0.460 e. The number of hydrogen-bond donors (Lipinski definition) is 1. The van der Waals surface area contributed by atoms with E-state index in [1.54, 1.807) is 30.1 Å². The van der Waals surface area contributed by atoms with Gasteiger partial charge in [-0.1, -0.05) is 11.6 Å². The summed E-state index contributed by atoms with van der Waals surface area (Å²) in [7, 11) is 0. The Labute approximate surface area is 114 Å². The minimum atomic E-state index is -0.322. The molecule has 0 radical (unpaired) electrons.